The summed E-state index contributed by atoms with van der Waals surface area (Å²) < 4.78 is 10.4. The number of hydrogen-bond donors (Lipinski definition) is 1. The van der Waals surface area contributed by atoms with Gasteiger partial charge in [-0.2, -0.15) is 0 Å². The van der Waals surface area contributed by atoms with Crippen molar-refractivity contribution in [1.29, 1.82) is 0 Å². The van der Waals surface area contributed by atoms with Crippen LogP contribution in [0.1, 0.15) is 32.3 Å². The van der Waals surface area contributed by atoms with Crippen molar-refractivity contribution in [1.82, 2.24) is 0 Å². The Morgan fingerprint density at radius 3 is 2.17 bits per heavy atom. The smallest absolute Gasteiger partial charge is 0.170 e. The highest BCUT2D eigenvalue weighted by molar-refractivity contribution is 6.22. The summed E-state index contributed by atoms with van der Waals surface area (Å²) in [5, 5.41) is 10.3. The molecule has 5 heteroatoms. The van der Waals surface area contributed by atoms with Crippen molar-refractivity contribution in [3.05, 3.63) is 35.1 Å². The third-order valence-electron chi connectivity index (χ3n) is 3.94. The third kappa shape index (κ3) is 3.73. The second-order valence-corrected chi connectivity index (χ2v) is 6.55. The maximum absolute atomic E-state index is 12.2. The van der Waals surface area contributed by atoms with E-state index in [1.54, 1.807) is 18.2 Å². The van der Waals surface area contributed by atoms with E-state index in [-0.39, 0.29) is 47.6 Å². The first-order valence-electron chi connectivity index (χ1n) is 7.47. The fraction of sp³-hybridized carbons (Fsp3) is 0.444. The van der Waals surface area contributed by atoms with Crippen molar-refractivity contribution in [2.24, 2.45) is 5.41 Å². The van der Waals surface area contributed by atoms with E-state index in [2.05, 4.69) is 0 Å². The number of Topliss-reactive ketones (excluding diaryl/α,β-unsaturated/α-hetero) is 2. The fourth-order valence-corrected chi connectivity index (χ4v) is 2.86. The van der Waals surface area contributed by atoms with Crippen molar-refractivity contribution in [2.45, 2.75) is 33.1 Å². The number of ketones is 2. The Morgan fingerprint density at radius 2 is 1.65 bits per heavy atom. The maximum Gasteiger partial charge on any atom is 0.170 e. The molecular weight excluding hydrogens is 296 g/mol. The van der Waals surface area contributed by atoms with Gasteiger partial charge in [0, 0.05) is 19.3 Å². The molecule has 0 atom stereocenters. The number of rotatable bonds is 4. The molecule has 0 aromatic heterocycles. The second kappa shape index (κ2) is 6.44. The molecule has 1 aromatic rings. The zero-order valence-electron chi connectivity index (χ0n) is 13.9. The minimum Gasteiger partial charge on any atom is -0.511 e. The minimum absolute atomic E-state index is 0.0564. The van der Waals surface area contributed by atoms with Gasteiger partial charge in [-0.25, -0.2) is 0 Å². The summed E-state index contributed by atoms with van der Waals surface area (Å²) in [5.74, 6) is 0.358. The molecular formula is C18H22O5. The molecule has 23 heavy (non-hydrogen) atoms. The molecule has 1 fully saturated rings. The van der Waals surface area contributed by atoms with Crippen LogP contribution in [0, 0.1) is 5.41 Å². The van der Waals surface area contributed by atoms with E-state index >= 15 is 0 Å². The quantitative estimate of drug-likeness (QED) is 0.525. The van der Waals surface area contributed by atoms with Gasteiger partial charge in [-0.05, 0) is 23.1 Å². The van der Waals surface area contributed by atoms with E-state index < -0.39 is 0 Å². The predicted molar refractivity (Wildman–Crippen MR) is 85.9 cm³/mol. The lowest BCUT2D eigenvalue weighted by molar-refractivity contribution is -0.127. The van der Waals surface area contributed by atoms with Crippen LogP contribution in [0.3, 0.4) is 0 Å². The van der Waals surface area contributed by atoms with Gasteiger partial charge in [-0.3, -0.25) is 9.59 Å². The number of carbonyl (C=O) groups excluding carboxylic acids is 2. The first-order valence-corrected chi connectivity index (χ1v) is 7.47. The van der Waals surface area contributed by atoms with Gasteiger partial charge in [0.2, 0.25) is 0 Å². The Balaban J connectivity index is 2.29. The molecule has 1 N–H and O–H groups in total. The first kappa shape index (κ1) is 17.1. The normalized spacial score (nSPS) is 17.1. The Bertz CT molecular complexity index is 648. The maximum atomic E-state index is 12.2. The molecule has 1 aliphatic rings. The number of hydrogen-bond acceptors (Lipinski definition) is 5. The average molecular weight is 318 g/mol. The van der Waals surface area contributed by atoms with Crippen molar-refractivity contribution in [3.63, 3.8) is 0 Å². The number of allylic oxidation sites excluding steroid dienone is 2. The van der Waals surface area contributed by atoms with Gasteiger partial charge in [0.1, 0.15) is 5.76 Å². The molecule has 0 aliphatic heterocycles. The number of aliphatic hydroxyl groups excluding tert-OH is 1. The summed E-state index contributed by atoms with van der Waals surface area (Å²) in [6.07, 6.45) is 0.641. The summed E-state index contributed by atoms with van der Waals surface area (Å²) in [4.78, 5) is 24.4. The van der Waals surface area contributed by atoms with Crippen LogP contribution >= 0.6 is 0 Å². The lowest BCUT2D eigenvalue weighted by Crippen LogP contribution is -2.32. The highest BCUT2D eigenvalue weighted by Gasteiger charge is 2.37. The van der Waals surface area contributed by atoms with E-state index in [9.17, 15) is 14.7 Å². The molecule has 0 radical (unpaired) electrons. The van der Waals surface area contributed by atoms with Crippen LogP contribution in [0.5, 0.6) is 11.5 Å². The van der Waals surface area contributed by atoms with Gasteiger partial charge >= 0.3 is 0 Å². The lowest BCUT2D eigenvalue weighted by Gasteiger charge is -2.28. The van der Waals surface area contributed by atoms with Crippen molar-refractivity contribution in [3.8, 4) is 11.5 Å². The molecule has 1 aromatic carbocycles. The number of ether oxygens (including phenoxy) is 2. The highest BCUT2D eigenvalue weighted by Crippen LogP contribution is 2.35. The predicted octanol–water partition coefficient (Wildman–Crippen LogP) is 3.02. The standard InChI is InChI=1S/C18H22O5/c1-18(2)9-13(20)17(14(21)10-18)12(19)7-11-5-6-15(22-3)16(8-11)23-4/h5-6,8,19H,7,9-10H2,1-4H3. The van der Waals surface area contributed by atoms with Crippen LogP contribution in [0.15, 0.2) is 29.5 Å². The SMILES string of the molecule is COc1ccc(CC(O)=C2C(=O)CC(C)(C)CC2=O)cc1OC. The molecule has 1 saturated carbocycles. The monoisotopic (exact) mass is 318 g/mol. The minimum atomic E-state index is -0.346. The van der Waals surface area contributed by atoms with E-state index in [1.165, 1.54) is 14.2 Å². The van der Waals surface area contributed by atoms with Gasteiger partial charge in [0.25, 0.3) is 0 Å². The van der Waals surface area contributed by atoms with E-state index in [0.717, 1.165) is 5.56 Å². The largest absolute Gasteiger partial charge is 0.511 e. The molecule has 0 heterocycles. The summed E-state index contributed by atoms with van der Waals surface area (Å²) in [5.41, 5.74) is 0.332. The molecule has 0 saturated heterocycles. The molecule has 0 unspecified atom stereocenters. The van der Waals surface area contributed by atoms with Crippen LogP contribution < -0.4 is 9.47 Å². The van der Waals surface area contributed by atoms with Crippen molar-refractivity contribution in [2.75, 3.05) is 14.2 Å². The van der Waals surface area contributed by atoms with Crippen LogP contribution in [-0.4, -0.2) is 30.9 Å². The van der Waals surface area contributed by atoms with Crippen molar-refractivity contribution >= 4 is 11.6 Å². The molecule has 0 amide bonds. The Labute approximate surface area is 135 Å². The van der Waals surface area contributed by atoms with Gasteiger partial charge < -0.3 is 14.6 Å². The molecule has 0 bridgehead atoms. The summed E-state index contributed by atoms with van der Waals surface area (Å²) >= 11 is 0. The topological polar surface area (TPSA) is 72.8 Å². The molecule has 0 spiro atoms. The van der Waals surface area contributed by atoms with E-state index in [1.807, 2.05) is 13.8 Å². The number of methoxy groups -OCH3 is 2. The Kier molecular flexibility index (Phi) is 4.78. The summed E-state index contributed by atoms with van der Waals surface area (Å²) in [6, 6.07) is 5.21. The summed E-state index contributed by atoms with van der Waals surface area (Å²) in [7, 11) is 3.06. The fourth-order valence-electron chi connectivity index (χ4n) is 2.86. The Hall–Kier alpha value is -2.30. The van der Waals surface area contributed by atoms with Gasteiger partial charge in [-0.15, -0.1) is 0 Å². The molecule has 124 valence electrons. The first-order chi connectivity index (χ1) is 10.8. The van der Waals surface area contributed by atoms with Crippen LogP contribution in [0.25, 0.3) is 0 Å². The van der Waals surface area contributed by atoms with E-state index in [0.29, 0.717) is 11.5 Å². The van der Waals surface area contributed by atoms with Gasteiger partial charge in [0.05, 0.1) is 19.8 Å². The number of benzene rings is 1. The lowest BCUT2D eigenvalue weighted by atomic mass is 9.73. The van der Waals surface area contributed by atoms with Crippen LogP contribution in [-0.2, 0) is 16.0 Å². The molecule has 1 aliphatic carbocycles. The average Bonchev–Trinajstić information content (AvgIpc) is 2.44. The Morgan fingerprint density at radius 1 is 1.09 bits per heavy atom. The van der Waals surface area contributed by atoms with Crippen molar-refractivity contribution < 1.29 is 24.2 Å². The van der Waals surface area contributed by atoms with Crippen LogP contribution in [0.4, 0.5) is 0 Å². The third-order valence-corrected chi connectivity index (χ3v) is 3.94. The van der Waals surface area contributed by atoms with Gasteiger partial charge in [0.15, 0.2) is 23.1 Å². The number of carbonyl (C=O) groups is 2. The summed E-state index contributed by atoms with van der Waals surface area (Å²) in [6.45, 7) is 3.76. The zero-order valence-corrected chi connectivity index (χ0v) is 13.9. The number of aliphatic hydroxyl groups is 1. The zero-order chi connectivity index (χ0) is 17.2. The van der Waals surface area contributed by atoms with Gasteiger partial charge in [-0.1, -0.05) is 19.9 Å². The second-order valence-electron chi connectivity index (χ2n) is 6.55. The molecule has 5 nitrogen and oxygen atoms in total. The van der Waals surface area contributed by atoms with Crippen LogP contribution in [0.2, 0.25) is 0 Å². The molecule has 2 rings (SSSR count). The highest BCUT2D eigenvalue weighted by atomic mass is 16.5. The van der Waals surface area contributed by atoms with E-state index in [4.69, 9.17) is 9.47 Å².